The van der Waals surface area contributed by atoms with Crippen LogP contribution in [0.25, 0.3) is 0 Å². The highest BCUT2D eigenvalue weighted by molar-refractivity contribution is 5.77. The van der Waals surface area contributed by atoms with Gasteiger partial charge in [-0.15, -0.1) is 0 Å². The normalized spacial score (nSPS) is 20.4. The van der Waals surface area contributed by atoms with Crippen LogP contribution in [0.4, 0.5) is 5.95 Å². The second-order valence-corrected chi connectivity index (χ2v) is 5.55. The Labute approximate surface area is 119 Å². The zero-order valence-corrected chi connectivity index (χ0v) is 11.8. The summed E-state index contributed by atoms with van der Waals surface area (Å²) in [4.78, 5) is 26.3. The molecule has 0 radical (unpaired) electrons. The average molecular weight is 276 g/mol. The molecular formula is C14H22N5O+. The van der Waals surface area contributed by atoms with Gasteiger partial charge in [-0.25, -0.2) is 9.97 Å². The fourth-order valence-corrected chi connectivity index (χ4v) is 2.95. The summed E-state index contributed by atoms with van der Waals surface area (Å²) in [5.41, 5.74) is 0. The molecule has 20 heavy (non-hydrogen) atoms. The molecule has 0 saturated carbocycles. The Hall–Kier alpha value is -1.69. The van der Waals surface area contributed by atoms with Crippen LogP contribution in [0.1, 0.15) is 12.8 Å². The molecule has 3 heterocycles. The van der Waals surface area contributed by atoms with Crippen LogP contribution in [-0.2, 0) is 4.79 Å². The molecule has 2 fully saturated rings. The highest BCUT2D eigenvalue weighted by Gasteiger charge is 2.26. The molecule has 3 rings (SSSR count). The maximum absolute atomic E-state index is 12.1. The predicted octanol–water partition coefficient (Wildman–Crippen LogP) is -1.20. The molecule has 6 nitrogen and oxygen atoms in total. The van der Waals surface area contributed by atoms with Gasteiger partial charge in [-0.2, -0.15) is 0 Å². The molecule has 0 aliphatic carbocycles. The molecule has 6 heteroatoms. The minimum atomic E-state index is 0.321. The number of nitrogens with one attached hydrogen (secondary N) is 1. The number of carbonyl (C=O) groups is 1. The minimum Gasteiger partial charge on any atom is -0.338 e. The second kappa shape index (κ2) is 6.17. The molecule has 1 aromatic heterocycles. The van der Waals surface area contributed by atoms with Crippen LogP contribution in [0.2, 0.25) is 0 Å². The molecule has 2 aliphatic heterocycles. The Kier molecular flexibility index (Phi) is 4.11. The smallest absolute Gasteiger partial charge is 0.277 e. The minimum absolute atomic E-state index is 0.321. The van der Waals surface area contributed by atoms with Gasteiger partial charge in [-0.05, 0) is 18.9 Å². The number of nitrogens with zero attached hydrogens (tertiary/aromatic N) is 4. The maximum atomic E-state index is 12.1. The molecule has 1 amide bonds. The lowest BCUT2D eigenvalue weighted by molar-refractivity contribution is -0.892. The lowest BCUT2D eigenvalue weighted by atomic mass is 10.3. The lowest BCUT2D eigenvalue weighted by Gasteiger charge is -2.32. The van der Waals surface area contributed by atoms with Gasteiger partial charge in [0.05, 0.1) is 26.2 Å². The third kappa shape index (κ3) is 3.07. The van der Waals surface area contributed by atoms with E-state index < -0.39 is 0 Å². The van der Waals surface area contributed by atoms with E-state index >= 15 is 0 Å². The first-order valence-electron chi connectivity index (χ1n) is 7.46. The van der Waals surface area contributed by atoms with Crippen LogP contribution in [-0.4, -0.2) is 66.6 Å². The molecule has 2 saturated heterocycles. The number of hydrogen-bond donors (Lipinski definition) is 1. The van der Waals surface area contributed by atoms with Crippen molar-refractivity contribution in [3.63, 3.8) is 0 Å². The molecule has 1 aromatic rings. The molecule has 0 unspecified atom stereocenters. The highest BCUT2D eigenvalue weighted by atomic mass is 16.2. The van der Waals surface area contributed by atoms with Gasteiger partial charge in [-0.1, -0.05) is 0 Å². The molecule has 2 aliphatic rings. The summed E-state index contributed by atoms with van der Waals surface area (Å²) < 4.78 is 0. The van der Waals surface area contributed by atoms with Crippen molar-refractivity contribution in [2.45, 2.75) is 12.8 Å². The first-order valence-corrected chi connectivity index (χ1v) is 7.46. The van der Waals surface area contributed by atoms with Gasteiger partial charge < -0.3 is 14.7 Å². The van der Waals surface area contributed by atoms with Crippen molar-refractivity contribution < 1.29 is 9.69 Å². The molecular weight excluding hydrogens is 254 g/mol. The number of piperazine rings is 1. The third-order valence-corrected chi connectivity index (χ3v) is 4.17. The average Bonchev–Trinajstić information content (AvgIpc) is 3.03. The van der Waals surface area contributed by atoms with Gasteiger partial charge in [0.1, 0.15) is 0 Å². The highest BCUT2D eigenvalue weighted by Crippen LogP contribution is 2.07. The van der Waals surface area contributed by atoms with Gasteiger partial charge >= 0.3 is 0 Å². The van der Waals surface area contributed by atoms with Crippen LogP contribution < -0.4 is 9.80 Å². The number of quaternary nitrogens is 1. The van der Waals surface area contributed by atoms with Crippen LogP contribution in [0.3, 0.4) is 0 Å². The zero-order valence-electron chi connectivity index (χ0n) is 11.8. The summed E-state index contributed by atoms with van der Waals surface area (Å²) in [5, 5.41) is 0. The summed E-state index contributed by atoms with van der Waals surface area (Å²) in [6.07, 6.45) is 5.89. The summed E-state index contributed by atoms with van der Waals surface area (Å²) in [7, 11) is 0. The summed E-state index contributed by atoms with van der Waals surface area (Å²) in [6, 6.07) is 1.83. The van der Waals surface area contributed by atoms with Crippen LogP contribution in [0.15, 0.2) is 18.5 Å². The Morgan fingerprint density at radius 1 is 1.10 bits per heavy atom. The van der Waals surface area contributed by atoms with E-state index in [0.29, 0.717) is 12.5 Å². The van der Waals surface area contributed by atoms with Crippen molar-refractivity contribution in [1.82, 2.24) is 14.9 Å². The Bertz CT molecular complexity index is 438. The van der Waals surface area contributed by atoms with Crippen LogP contribution in [0.5, 0.6) is 0 Å². The molecule has 0 aromatic carbocycles. The molecule has 0 atom stereocenters. The second-order valence-electron chi connectivity index (χ2n) is 5.55. The van der Waals surface area contributed by atoms with E-state index in [0.717, 1.165) is 45.2 Å². The van der Waals surface area contributed by atoms with E-state index in [1.54, 1.807) is 12.4 Å². The summed E-state index contributed by atoms with van der Waals surface area (Å²) >= 11 is 0. The fourth-order valence-electron chi connectivity index (χ4n) is 2.95. The third-order valence-electron chi connectivity index (χ3n) is 4.17. The van der Waals surface area contributed by atoms with Crippen molar-refractivity contribution >= 4 is 11.9 Å². The standard InChI is InChI=1S/C14H21N5O/c20-13(18-6-1-2-7-18)12-17-8-10-19(11-9-17)14-15-4-3-5-16-14/h3-5H,1-2,6-12H2/p+1. The maximum Gasteiger partial charge on any atom is 0.277 e. The van der Waals surface area contributed by atoms with Crippen molar-refractivity contribution in [1.29, 1.82) is 0 Å². The van der Waals surface area contributed by atoms with Crippen molar-refractivity contribution in [2.24, 2.45) is 0 Å². The first kappa shape index (κ1) is 13.3. The van der Waals surface area contributed by atoms with Gasteiger partial charge in [-0.3, -0.25) is 4.79 Å². The molecule has 108 valence electrons. The van der Waals surface area contributed by atoms with Gasteiger partial charge in [0, 0.05) is 25.5 Å². The topological polar surface area (TPSA) is 53.8 Å². The lowest BCUT2D eigenvalue weighted by Crippen LogP contribution is -3.15. The molecule has 0 bridgehead atoms. The van der Waals surface area contributed by atoms with Crippen molar-refractivity contribution in [2.75, 3.05) is 50.7 Å². The predicted molar refractivity (Wildman–Crippen MR) is 75.6 cm³/mol. The molecule has 1 N–H and O–H groups in total. The van der Waals surface area contributed by atoms with Crippen LogP contribution in [0, 0.1) is 0 Å². The van der Waals surface area contributed by atoms with Gasteiger partial charge in [0.25, 0.3) is 5.91 Å². The first-order chi connectivity index (χ1) is 9.83. The van der Waals surface area contributed by atoms with Crippen molar-refractivity contribution in [3.8, 4) is 0 Å². The van der Waals surface area contributed by atoms with Crippen molar-refractivity contribution in [3.05, 3.63) is 18.5 Å². The van der Waals surface area contributed by atoms with Gasteiger partial charge in [0.15, 0.2) is 6.54 Å². The van der Waals surface area contributed by atoms with E-state index in [4.69, 9.17) is 0 Å². The fraction of sp³-hybridized carbons (Fsp3) is 0.643. The SMILES string of the molecule is O=C(C[NH+]1CCN(c2ncccn2)CC1)N1CCCC1. The largest absolute Gasteiger partial charge is 0.338 e. The quantitative estimate of drug-likeness (QED) is 0.754. The number of likely N-dealkylation sites (tertiary alicyclic amines) is 1. The number of anilines is 1. The number of hydrogen-bond acceptors (Lipinski definition) is 4. The van der Waals surface area contributed by atoms with Gasteiger partial charge in [0.2, 0.25) is 5.95 Å². The number of carbonyl (C=O) groups excluding carboxylic acids is 1. The zero-order chi connectivity index (χ0) is 13.8. The van der Waals surface area contributed by atoms with E-state index in [1.807, 2.05) is 11.0 Å². The monoisotopic (exact) mass is 276 g/mol. The summed E-state index contributed by atoms with van der Waals surface area (Å²) in [5.74, 6) is 1.12. The Balaban J connectivity index is 1.47. The van der Waals surface area contributed by atoms with E-state index in [9.17, 15) is 4.79 Å². The van der Waals surface area contributed by atoms with E-state index in [-0.39, 0.29) is 0 Å². The number of amides is 1. The Morgan fingerprint density at radius 2 is 1.75 bits per heavy atom. The van der Waals surface area contributed by atoms with E-state index in [2.05, 4.69) is 14.9 Å². The summed E-state index contributed by atoms with van der Waals surface area (Å²) in [6.45, 7) is 6.37. The molecule has 0 spiro atoms. The van der Waals surface area contributed by atoms with Crippen LogP contribution >= 0.6 is 0 Å². The van der Waals surface area contributed by atoms with E-state index in [1.165, 1.54) is 17.7 Å². The number of rotatable bonds is 3. The Morgan fingerprint density at radius 3 is 2.40 bits per heavy atom. The number of aromatic nitrogens is 2.